The van der Waals surface area contributed by atoms with Crippen molar-refractivity contribution in [2.45, 2.75) is 121 Å². The van der Waals surface area contributed by atoms with E-state index in [9.17, 15) is 48.9 Å². The molecule has 1 heterocycles. The minimum atomic E-state index is -1.36. The molecule has 13 N–H and O–H groups in total. The standard InChI is InChI=1S/C49H68N10O10/c1-4-30(2)41-45(65)54-37(25-19-31-15-21-34(60)22-16-31)46(66)59(3)40(26-20-32-17-23-35(61)24-18-32)44(64)55-39(29-33-11-6-5-7-12-33)42(62)52-27-9-8-13-36(43(63)58-41)56-49(69)57-38(47(67)68)14-10-28-53-48(50)51/h5-7,11-12,15-18,21-24,30,36-41,60-61H,4,8-10,13-14,19-20,25-29H2,1-3H3,(H,52,62)(H,54,65)(H,55,64)(H,58,63)(H,67,68)(H4,50,51,53)(H2,56,57,69)/t30-,36+,37-,38-,39-,40-,41-/m0/s1. The van der Waals surface area contributed by atoms with Crippen LogP contribution in [0.25, 0.3) is 0 Å². The smallest absolute Gasteiger partial charge is 0.326 e. The summed E-state index contributed by atoms with van der Waals surface area (Å²) < 4.78 is 0. The molecule has 0 unspecified atom stereocenters. The molecule has 1 saturated heterocycles. The van der Waals surface area contributed by atoms with E-state index in [1.807, 2.05) is 25.1 Å². The van der Waals surface area contributed by atoms with Crippen molar-refractivity contribution in [3.05, 3.63) is 95.6 Å². The number of carboxylic acid groups (broad SMARTS) is 1. The van der Waals surface area contributed by atoms with Crippen molar-refractivity contribution in [3.8, 4) is 11.5 Å². The number of nitrogens with two attached hydrogens (primary N) is 1. The lowest BCUT2D eigenvalue weighted by Crippen LogP contribution is -2.61. The number of carboxylic acids is 1. The van der Waals surface area contributed by atoms with Crippen LogP contribution in [0.5, 0.6) is 11.5 Å². The minimum Gasteiger partial charge on any atom is -0.508 e. The number of nitrogens with one attached hydrogen (secondary N) is 8. The van der Waals surface area contributed by atoms with E-state index in [4.69, 9.17) is 11.1 Å². The van der Waals surface area contributed by atoms with Crippen LogP contribution in [0, 0.1) is 11.3 Å². The first-order valence-corrected chi connectivity index (χ1v) is 23.4. The van der Waals surface area contributed by atoms with Crippen LogP contribution in [0.15, 0.2) is 78.9 Å². The number of aromatic hydroxyl groups is 2. The first kappa shape index (κ1) is 54.2. The van der Waals surface area contributed by atoms with E-state index in [1.165, 1.54) is 36.2 Å². The lowest BCUT2D eigenvalue weighted by Gasteiger charge is -2.33. The third-order valence-corrected chi connectivity index (χ3v) is 12.2. The van der Waals surface area contributed by atoms with Gasteiger partial charge < -0.3 is 63.2 Å². The third-order valence-electron chi connectivity index (χ3n) is 12.2. The number of urea groups is 1. The fraction of sp³-hybridized carbons (Fsp3) is 0.469. The summed E-state index contributed by atoms with van der Waals surface area (Å²) in [4.78, 5) is 98.9. The lowest BCUT2D eigenvalue weighted by molar-refractivity contribution is -0.143. The van der Waals surface area contributed by atoms with E-state index in [-0.39, 0.29) is 81.9 Å². The molecular weight excluding hydrogens is 889 g/mol. The van der Waals surface area contributed by atoms with Gasteiger partial charge in [0.1, 0.15) is 47.8 Å². The van der Waals surface area contributed by atoms with E-state index < -0.39 is 83.7 Å². The second kappa shape index (κ2) is 27.4. The summed E-state index contributed by atoms with van der Waals surface area (Å²) in [5.41, 5.74) is 7.58. The number of guanidine groups is 1. The van der Waals surface area contributed by atoms with Crippen LogP contribution in [0.1, 0.15) is 81.9 Å². The Hall–Kier alpha value is -7.38. The van der Waals surface area contributed by atoms with Gasteiger partial charge in [0.15, 0.2) is 5.96 Å². The summed E-state index contributed by atoms with van der Waals surface area (Å²) in [5.74, 6) is -5.23. The van der Waals surface area contributed by atoms with Gasteiger partial charge >= 0.3 is 12.0 Å². The molecule has 3 aromatic rings. The second-order valence-electron chi connectivity index (χ2n) is 17.4. The molecule has 374 valence electrons. The fourth-order valence-corrected chi connectivity index (χ4v) is 7.86. The number of hydrogen-bond acceptors (Lipinski definition) is 10. The van der Waals surface area contributed by atoms with Crippen molar-refractivity contribution in [1.82, 2.24) is 42.1 Å². The molecule has 0 bridgehead atoms. The van der Waals surface area contributed by atoms with Crippen molar-refractivity contribution in [1.29, 1.82) is 5.41 Å². The Morgan fingerprint density at radius 1 is 0.797 bits per heavy atom. The van der Waals surface area contributed by atoms with E-state index in [1.54, 1.807) is 43.3 Å². The summed E-state index contributed by atoms with van der Waals surface area (Å²) in [6, 6.07) is 13.5. The summed E-state index contributed by atoms with van der Waals surface area (Å²) >= 11 is 0. The number of amides is 7. The van der Waals surface area contributed by atoms with Crippen molar-refractivity contribution in [2.75, 3.05) is 20.1 Å². The largest absolute Gasteiger partial charge is 0.508 e. The third kappa shape index (κ3) is 18.0. The molecule has 20 heteroatoms. The zero-order valence-corrected chi connectivity index (χ0v) is 39.5. The molecule has 3 aromatic carbocycles. The quantitative estimate of drug-likeness (QED) is 0.0525. The first-order valence-electron chi connectivity index (χ1n) is 23.4. The number of hydrogen-bond donors (Lipinski definition) is 12. The molecule has 0 aliphatic carbocycles. The molecule has 0 spiro atoms. The highest BCUT2D eigenvalue weighted by Gasteiger charge is 2.37. The van der Waals surface area contributed by atoms with E-state index in [0.717, 1.165) is 16.7 Å². The molecule has 1 aliphatic rings. The number of benzene rings is 3. The van der Waals surface area contributed by atoms with E-state index >= 15 is 0 Å². The summed E-state index contributed by atoms with van der Waals surface area (Å²) in [5, 5.41) is 56.0. The average Bonchev–Trinajstić information content (AvgIpc) is 3.32. The molecular formula is C49H68N10O10. The molecule has 69 heavy (non-hydrogen) atoms. The summed E-state index contributed by atoms with van der Waals surface area (Å²) in [7, 11) is 1.45. The van der Waals surface area contributed by atoms with Crippen LogP contribution < -0.4 is 43.0 Å². The van der Waals surface area contributed by atoms with Gasteiger partial charge in [-0.25, -0.2) is 9.59 Å². The Labute approximate surface area is 402 Å². The topological polar surface area (TPSA) is 318 Å². The summed E-state index contributed by atoms with van der Waals surface area (Å²) in [6.45, 7) is 3.85. The number of phenols is 2. The lowest BCUT2D eigenvalue weighted by atomic mass is 9.96. The van der Waals surface area contributed by atoms with Gasteiger partial charge in [0.05, 0.1) is 0 Å². The molecule has 0 saturated carbocycles. The Kier molecular flexibility index (Phi) is 21.6. The van der Waals surface area contributed by atoms with Gasteiger partial charge in [-0.05, 0) is 105 Å². The van der Waals surface area contributed by atoms with E-state index in [0.29, 0.717) is 19.3 Å². The minimum absolute atomic E-state index is 0.00959. The molecule has 0 radical (unpaired) electrons. The van der Waals surface area contributed by atoms with Crippen LogP contribution in [-0.2, 0) is 48.0 Å². The molecule has 4 rings (SSSR count). The zero-order valence-electron chi connectivity index (χ0n) is 39.5. The molecule has 1 fully saturated rings. The molecule has 7 amide bonds. The Balaban J connectivity index is 1.72. The van der Waals surface area contributed by atoms with E-state index in [2.05, 4.69) is 37.2 Å². The van der Waals surface area contributed by atoms with Gasteiger partial charge in [0.25, 0.3) is 0 Å². The highest BCUT2D eigenvalue weighted by molar-refractivity contribution is 5.96. The maximum atomic E-state index is 14.9. The number of carbonyl (C=O) groups is 7. The number of aryl methyl sites for hydroxylation is 2. The van der Waals surface area contributed by atoms with Gasteiger partial charge in [-0.2, -0.15) is 0 Å². The van der Waals surface area contributed by atoms with Crippen molar-refractivity contribution in [2.24, 2.45) is 11.7 Å². The average molecular weight is 957 g/mol. The van der Waals surface area contributed by atoms with Crippen LogP contribution in [0.2, 0.25) is 0 Å². The van der Waals surface area contributed by atoms with Gasteiger partial charge in [-0.1, -0.05) is 74.9 Å². The normalized spacial score (nSPS) is 20.8. The van der Waals surface area contributed by atoms with Gasteiger partial charge in [-0.15, -0.1) is 0 Å². The maximum absolute atomic E-state index is 14.9. The second-order valence-corrected chi connectivity index (χ2v) is 17.4. The molecule has 7 atom stereocenters. The predicted octanol–water partition coefficient (Wildman–Crippen LogP) is 1.92. The van der Waals surface area contributed by atoms with Crippen LogP contribution in [0.4, 0.5) is 4.79 Å². The van der Waals surface area contributed by atoms with Crippen molar-refractivity contribution >= 4 is 47.5 Å². The zero-order chi connectivity index (χ0) is 50.5. The van der Waals surface area contributed by atoms with Gasteiger partial charge in [0, 0.05) is 26.6 Å². The Morgan fingerprint density at radius 2 is 1.41 bits per heavy atom. The number of carbonyl (C=O) groups excluding carboxylic acids is 6. The van der Waals surface area contributed by atoms with Crippen LogP contribution >= 0.6 is 0 Å². The molecule has 0 aromatic heterocycles. The number of nitrogens with zero attached hydrogens (tertiary/aromatic N) is 1. The monoisotopic (exact) mass is 957 g/mol. The number of aliphatic carboxylic acids is 1. The Morgan fingerprint density at radius 3 is 2.00 bits per heavy atom. The highest BCUT2D eigenvalue weighted by atomic mass is 16.4. The fourth-order valence-electron chi connectivity index (χ4n) is 7.86. The van der Waals surface area contributed by atoms with Crippen LogP contribution in [-0.4, -0.2) is 124 Å². The Bertz CT molecular complexity index is 2200. The molecule has 1 aliphatic heterocycles. The van der Waals surface area contributed by atoms with Crippen LogP contribution in [0.3, 0.4) is 0 Å². The van der Waals surface area contributed by atoms with Gasteiger partial charge in [-0.3, -0.25) is 29.4 Å². The predicted molar refractivity (Wildman–Crippen MR) is 258 cm³/mol. The van der Waals surface area contributed by atoms with Crippen molar-refractivity contribution in [3.63, 3.8) is 0 Å². The highest BCUT2D eigenvalue weighted by Crippen LogP contribution is 2.19. The first-order chi connectivity index (χ1) is 32.9. The van der Waals surface area contributed by atoms with Crippen molar-refractivity contribution < 1.29 is 48.9 Å². The summed E-state index contributed by atoms with van der Waals surface area (Å²) in [6.07, 6.45) is 1.99. The van der Waals surface area contributed by atoms with Gasteiger partial charge in [0.2, 0.25) is 29.5 Å². The number of phenolic OH excluding ortho intramolecular Hbond substituents is 2. The maximum Gasteiger partial charge on any atom is 0.326 e. The SMILES string of the molecule is CC[C@H](C)[C@@H]1NC(=O)[C@H](NC(=O)N[C@@H](CCCNC(=N)N)C(=O)O)CCCCNC(=O)[C@H](Cc2ccccc2)NC(=O)[C@H](CCc2ccc(O)cc2)N(C)C(=O)[C@H](CCc2ccc(O)cc2)NC1=O. The number of rotatable bonds is 17. The number of likely N-dealkylation sites (N-methyl/N-ethyl adjacent to an activating group) is 1. The molecule has 20 nitrogen and oxygen atoms in total.